The van der Waals surface area contributed by atoms with Crippen molar-refractivity contribution in [2.24, 2.45) is 0 Å². The van der Waals surface area contributed by atoms with Crippen LogP contribution >= 0.6 is 0 Å². The fourth-order valence-electron chi connectivity index (χ4n) is 4.03. The van der Waals surface area contributed by atoms with Gasteiger partial charge in [-0.15, -0.1) is 0 Å². The first-order valence-electron chi connectivity index (χ1n) is 11.4. The number of aromatic amines is 2. The molecule has 8 bridgehead atoms. The maximum absolute atomic E-state index is 9.12. The molecule has 0 aromatic carbocycles. The first-order valence-corrected chi connectivity index (χ1v) is 11.4. The van der Waals surface area contributed by atoms with Gasteiger partial charge in [-0.05, 0) is 72.8 Å². The second kappa shape index (κ2) is 10.2. The molecule has 10 heteroatoms. The van der Waals surface area contributed by atoms with Crippen LogP contribution in [0, 0.1) is 0 Å². The summed E-state index contributed by atoms with van der Waals surface area (Å²) in [6.07, 6.45) is 1.01. The SMILES string of the molecule is C1=Cc2cc3ccc(cc4ccc(cc5nc(cc1n2)C=C5)[nH]4)[nH]3.OC[C@H]1O[C@@H](O)[C@H](O)[C@@H](O)[C@H]1O. The van der Waals surface area contributed by atoms with E-state index in [0.717, 1.165) is 44.8 Å². The van der Waals surface area contributed by atoms with Crippen molar-refractivity contribution in [2.45, 2.75) is 30.7 Å². The highest BCUT2D eigenvalue weighted by Crippen LogP contribution is 2.19. The highest BCUT2D eigenvalue weighted by Gasteiger charge is 2.42. The van der Waals surface area contributed by atoms with Crippen molar-refractivity contribution in [2.75, 3.05) is 6.61 Å². The molecule has 0 amide bonds. The van der Waals surface area contributed by atoms with E-state index in [9.17, 15) is 0 Å². The van der Waals surface area contributed by atoms with Crippen LogP contribution in [-0.2, 0) is 4.74 Å². The first-order chi connectivity index (χ1) is 17.4. The van der Waals surface area contributed by atoms with Crippen LogP contribution in [0.4, 0.5) is 0 Å². The minimum atomic E-state index is -1.57. The van der Waals surface area contributed by atoms with Gasteiger partial charge < -0.3 is 40.2 Å². The summed E-state index contributed by atoms with van der Waals surface area (Å²) in [7, 11) is 0. The van der Waals surface area contributed by atoms with Crippen LogP contribution in [0.1, 0.15) is 22.8 Å². The maximum Gasteiger partial charge on any atom is 0.184 e. The second-order valence-electron chi connectivity index (χ2n) is 8.62. The molecule has 10 nitrogen and oxygen atoms in total. The van der Waals surface area contributed by atoms with E-state index in [1.807, 2.05) is 42.5 Å². The van der Waals surface area contributed by atoms with Gasteiger partial charge in [0.2, 0.25) is 0 Å². The lowest BCUT2D eigenvalue weighted by Crippen LogP contribution is -2.58. The van der Waals surface area contributed by atoms with Crippen LogP contribution in [0.15, 0.2) is 48.5 Å². The number of H-pyrrole nitrogens is 2. The van der Waals surface area contributed by atoms with Gasteiger partial charge in [-0.2, -0.15) is 0 Å². The van der Waals surface area contributed by atoms with Crippen molar-refractivity contribution in [3.05, 3.63) is 71.3 Å². The van der Waals surface area contributed by atoms with Gasteiger partial charge in [0.1, 0.15) is 24.4 Å². The smallest absolute Gasteiger partial charge is 0.184 e. The molecule has 0 unspecified atom stereocenters. The molecule has 6 heterocycles. The molecule has 5 atom stereocenters. The van der Waals surface area contributed by atoms with E-state index in [0.29, 0.717) is 0 Å². The first kappa shape index (κ1) is 24.1. The Kier molecular flexibility index (Phi) is 6.79. The van der Waals surface area contributed by atoms with E-state index in [1.54, 1.807) is 0 Å². The molecule has 0 radical (unpaired) electrons. The van der Waals surface area contributed by atoms with E-state index < -0.39 is 37.3 Å². The molecular formula is C26H26N4O6. The zero-order valence-electron chi connectivity index (χ0n) is 19.1. The van der Waals surface area contributed by atoms with Crippen LogP contribution < -0.4 is 0 Å². The van der Waals surface area contributed by atoms with Crippen LogP contribution in [0.2, 0.25) is 0 Å². The number of fused-ring (bicyclic) bond motifs is 8. The van der Waals surface area contributed by atoms with Crippen molar-refractivity contribution in [3.63, 3.8) is 0 Å². The van der Waals surface area contributed by atoms with Gasteiger partial charge in [0.25, 0.3) is 0 Å². The molecule has 186 valence electrons. The standard InChI is InChI=1S/C20H14N4.C6H12O6/c1-2-14-10-16-5-6-18(23-16)12-20-8-7-19(24-20)11-17-4-3-15(22-17)9-13(1)21-14;7-1-2-3(8)4(9)5(10)6(11)12-2/h1-12,21-22H;2-11H,1H2/t;2-,3+,4+,5-,6-/m.1/s1. The third kappa shape index (κ3) is 5.29. The summed E-state index contributed by atoms with van der Waals surface area (Å²) < 4.78 is 4.58. The molecule has 0 spiro atoms. The van der Waals surface area contributed by atoms with E-state index in [2.05, 4.69) is 55.0 Å². The average molecular weight is 491 g/mol. The van der Waals surface area contributed by atoms with Crippen LogP contribution in [0.3, 0.4) is 0 Å². The molecule has 3 aromatic rings. The number of ether oxygens (including phenoxy) is 1. The molecule has 0 aliphatic carbocycles. The lowest BCUT2D eigenvalue weighted by Gasteiger charge is -2.37. The predicted molar refractivity (Wildman–Crippen MR) is 135 cm³/mol. The quantitative estimate of drug-likeness (QED) is 0.185. The highest BCUT2D eigenvalue weighted by molar-refractivity contribution is 5.77. The molecule has 1 fully saturated rings. The Morgan fingerprint density at radius 1 is 0.611 bits per heavy atom. The number of nitrogens with zero attached hydrogens (tertiary/aromatic N) is 2. The third-order valence-electron chi connectivity index (χ3n) is 5.91. The topological polar surface area (TPSA) is 168 Å². The average Bonchev–Trinajstić information content (AvgIpc) is 3.67. The number of nitrogens with one attached hydrogen (secondary N) is 2. The Hall–Kier alpha value is -3.64. The number of aliphatic hydroxyl groups is 5. The molecule has 0 saturated carbocycles. The van der Waals surface area contributed by atoms with E-state index in [4.69, 9.17) is 25.5 Å². The van der Waals surface area contributed by atoms with Gasteiger partial charge in [-0.25, -0.2) is 9.97 Å². The van der Waals surface area contributed by atoms with E-state index in [1.165, 1.54) is 0 Å². The third-order valence-corrected chi connectivity index (χ3v) is 5.91. The fraction of sp³-hybridized carbons (Fsp3) is 0.231. The minimum absolute atomic E-state index is 0.526. The Morgan fingerprint density at radius 2 is 1.06 bits per heavy atom. The minimum Gasteiger partial charge on any atom is -0.394 e. The predicted octanol–water partition coefficient (Wildman–Crippen LogP) is 1.43. The summed E-state index contributed by atoms with van der Waals surface area (Å²) in [5.74, 6) is 0. The Bertz CT molecular complexity index is 1370. The van der Waals surface area contributed by atoms with Gasteiger partial charge >= 0.3 is 0 Å². The number of hydrogen-bond acceptors (Lipinski definition) is 8. The number of aromatic nitrogens is 4. The molecular weight excluding hydrogens is 464 g/mol. The van der Waals surface area contributed by atoms with Crippen molar-refractivity contribution in [1.82, 2.24) is 19.9 Å². The van der Waals surface area contributed by atoms with Gasteiger partial charge in [0.05, 0.1) is 29.4 Å². The van der Waals surface area contributed by atoms with Crippen molar-refractivity contribution in [1.29, 1.82) is 0 Å². The summed E-state index contributed by atoms with van der Waals surface area (Å²) in [5, 5.41) is 44.7. The lowest BCUT2D eigenvalue weighted by atomic mass is 10.00. The molecule has 36 heavy (non-hydrogen) atoms. The van der Waals surface area contributed by atoms with Crippen LogP contribution in [0.25, 0.3) is 46.4 Å². The zero-order valence-corrected chi connectivity index (χ0v) is 19.1. The Morgan fingerprint density at radius 3 is 1.53 bits per heavy atom. The second-order valence-corrected chi connectivity index (χ2v) is 8.62. The molecule has 7 N–H and O–H groups in total. The molecule has 6 rings (SSSR count). The molecule has 1 saturated heterocycles. The normalized spacial score (nSPS) is 24.9. The summed E-state index contributed by atoms with van der Waals surface area (Å²) in [5.41, 5.74) is 7.86. The maximum atomic E-state index is 9.12. The Labute approximate surface area is 205 Å². The van der Waals surface area contributed by atoms with Crippen molar-refractivity contribution < 1.29 is 30.3 Å². The number of hydrogen-bond donors (Lipinski definition) is 7. The van der Waals surface area contributed by atoms with Gasteiger partial charge in [-0.1, -0.05) is 0 Å². The summed E-state index contributed by atoms with van der Waals surface area (Å²) >= 11 is 0. The van der Waals surface area contributed by atoms with Crippen LogP contribution in [0.5, 0.6) is 0 Å². The summed E-state index contributed by atoms with van der Waals surface area (Å²) in [6.45, 7) is -0.526. The monoisotopic (exact) mass is 490 g/mol. The largest absolute Gasteiger partial charge is 0.394 e. The molecule has 3 aliphatic heterocycles. The zero-order chi connectivity index (χ0) is 25.2. The Balaban J connectivity index is 0.000000189. The number of aliphatic hydroxyl groups excluding tert-OH is 5. The van der Waals surface area contributed by atoms with Crippen molar-refractivity contribution >= 4 is 46.4 Å². The van der Waals surface area contributed by atoms with Crippen molar-refractivity contribution in [3.8, 4) is 0 Å². The lowest BCUT2D eigenvalue weighted by molar-refractivity contribution is -0.286. The van der Waals surface area contributed by atoms with E-state index in [-0.39, 0.29) is 0 Å². The summed E-state index contributed by atoms with van der Waals surface area (Å²) in [4.78, 5) is 16.0. The fourth-order valence-corrected chi connectivity index (χ4v) is 4.03. The van der Waals surface area contributed by atoms with Gasteiger partial charge in [0.15, 0.2) is 6.29 Å². The van der Waals surface area contributed by atoms with E-state index >= 15 is 0 Å². The van der Waals surface area contributed by atoms with Crippen LogP contribution in [-0.4, -0.2) is 82.8 Å². The summed E-state index contributed by atoms with van der Waals surface area (Å²) in [6, 6.07) is 16.4. The van der Waals surface area contributed by atoms with Gasteiger partial charge in [-0.3, -0.25) is 0 Å². The molecule has 3 aliphatic rings. The van der Waals surface area contributed by atoms with Gasteiger partial charge in [0, 0.05) is 22.1 Å². The highest BCUT2D eigenvalue weighted by atomic mass is 16.6. The number of rotatable bonds is 1. The molecule has 3 aromatic heterocycles.